The van der Waals surface area contributed by atoms with E-state index in [4.69, 9.17) is 14.0 Å². The largest absolute Gasteiger partial charge is 0.387 e. The first-order valence-corrected chi connectivity index (χ1v) is 10.6. The molecule has 12 heteroatoms. The van der Waals surface area contributed by atoms with Gasteiger partial charge in [-0.05, 0) is 25.7 Å². The second-order valence-electron chi connectivity index (χ2n) is 8.27. The van der Waals surface area contributed by atoms with Gasteiger partial charge in [0.1, 0.15) is 18.5 Å². The summed E-state index contributed by atoms with van der Waals surface area (Å²) in [6, 6.07) is 0.245. The van der Waals surface area contributed by atoms with E-state index in [-0.39, 0.29) is 11.9 Å². The summed E-state index contributed by atoms with van der Waals surface area (Å²) in [6.07, 6.45) is 2.52. The van der Waals surface area contributed by atoms with Crippen molar-refractivity contribution in [2.45, 2.75) is 62.2 Å². The first-order chi connectivity index (χ1) is 15.2. The van der Waals surface area contributed by atoms with Crippen molar-refractivity contribution in [1.82, 2.24) is 29.7 Å². The lowest BCUT2D eigenvalue weighted by Gasteiger charge is -2.23. The van der Waals surface area contributed by atoms with Gasteiger partial charge in [-0.25, -0.2) is 15.0 Å². The molecule has 2 aliphatic heterocycles. The smallest absolute Gasteiger partial charge is 0.258 e. The SMILES string of the molecule is OC1C(c2nc(C3CC3)no2)OC(n2cnc3c(NC4CCOCC4)ncnc32)C1O. The van der Waals surface area contributed by atoms with E-state index in [0.29, 0.717) is 41.9 Å². The van der Waals surface area contributed by atoms with E-state index >= 15 is 0 Å². The van der Waals surface area contributed by atoms with Gasteiger partial charge in [-0.15, -0.1) is 0 Å². The van der Waals surface area contributed by atoms with Crippen LogP contribution in [-0.2, 0) is 9.47 Å². The van der Waals surface area contributed by atoms with Crippen molar-refractivity contribution < 1.29 is 24.2 Å². The van der Waals surface area contributed by atoms with E-state index in [1.165, 1.54) is 12.7 Å². The van der Waals surface area contributed by atoms with Crippen LogP contribution >= 0.6 is 0 Å². The Morgan fingerprint density at radius 2 is 1.87 bits per heavy atom. The molecular weight excluding hydrogens is 406 g/mol. The first kappa shape index (κ1) is 19.0. The number of rotatable bonds is 5. The fourth-order valence-corrected chi connectivity index (χ4v) is 4.14. The van der Waals surface area contributed by atoms with E-state index < -0.39 is 24.5 Å². The Kier molecular flexibility index (Phi) is 4.60. The van der Waals surface area contributed by atoms with E-state index in [9.17, 15) is 10.2 Å². The number of hydrogen-bond donors (Lipinski definition) is 3. The molecule has 3 N–H and O–H groups in total. The second-order valence-corrected chi connectivity index (χ2v) is 8.27. The number of fused-ring (bicyclic) bond motifs is 1. The van der Waals surface area contributed by atoms with Crippen LogP contribution in [0.4, 0.5) is 5.82 Å². The van der Waals surface area contributed by atoms with Gasteiger partial charge in [0.2, 0.25) is 0 Å². The van der Waals surface area contributed by atoms with Gasteiger partial charge in [0.25, 0.3) is 5.89 Å². The molecule has 6 rings (SSSR count). The predicted octanol–water partition coefficient (Wildman–Crippen LogP) is 0.669. The number of aliphatic hydroxyl groups excluding tert-OH is 2. The quantitative estimate of drug-likeness (QED) is 0.524. The molecule has 2 saturated heterocycles. The Morgan fingerprint density at radius 1 is 1.03 bits per heavy atom. The zero-order chi connectivity index (χ0) is 20.9. The van der Waals surface area contributed by atoms with Gasteiger partial charge in [-0.3, -0.25) is 4.57 Å². The van der Waals surface area contributed by atoms with Crippen molar-refractivity contribution in [1.29, 1.82) is 0 Å². The normalized spacial score (nSPS) is 29.6. The summed E-state index contributed by atoms with van der Waals surface area (Å²) < 4.78 is 18.3. The van der Waals surface area contributed by atoms with Crippen LogP contribution in [0.1, 0.15) is 55.6 Å². The molecule has 1 saturated carbocycles. The highest BCUT2D eigenvalue weighted by atomic mass is 16.6. The van der Waals surface area contributed by atoms with Crippen LogP contribution in [0.3, 0.4) is 0 Å². The second kappa shape index (κ2) is 7.48. The lowest BCUT2D eigenvalue weighted by atomic mass is 10.1. The van der Waals surface area contributed by atoms with Crippen LogP contribution < -0.4 is 5.32 Å². The highest BCUT2D eigenvalue weighted by molar-refractivity contribution is 5.82. The molecular formula is C19H23N7O5. The number of ether oxygens (including phenoxy) is 2. The van der Waals surface area contributed by atoms with Gasteiger partial charge in [-0.2, -0.15) is 4.98 Å². The molecule has 5 heterocycles. The molecule has 31 heavy (non-hydrogen) atoms. The number of nitrogens with one attached hydrogen (secondary N) is 1. The van der Waals surface area contributed by atoms with Crippen LogP contribution in [0.2, 0.25) is 0 Å². The predicted molar refractivity (Wildman–Crippen MR) is 104 cm³/mol. The fourth-order valence-electron chi connectivity index (χ4n) is 4.14. The minimum atomic E-state index is -1.23. The van der Waals surface area contributed by atoms with E-state index in [0.717, 1.165) is 25.7 Å². The molecule has 0 aromatic carbocycles. The molecule has 0 amide bonds. The summed E-state index contributed by atoms with van der Waals surface area (Å²) in [6.45, 7) is 1.42. The number of nitrogens with zero attached hydrogens (tertiary/aromatic N) is 6. The average molecular weight is 429 g/mol. The fraction of sp³-hybridized carbons (Fsp3) is 0.632. The molecule has 0 bridgehead atoms. The Bertz CT molecular complexity index is 1080. The van der Waals surface area contributed by atoms with Gasteiger partial charge in [-0.1, -0.05) is 5.16 Å². The third kappa shape index (κ3) is 3.35. The maximum absolute atomic E-state index is 10.7. The Balaban J connectivity index is 1.27. The molecule has 1 aliphatic carbocycles. The molecule has 0 spiro atoms. The number of hydrogen-bond acceptors (Lipinski definition) is 11. The highest BCUT2D eigenvalue weighted by Crippen LogP contribution is 2.42. The molecule has 12 nitrogen and oxygen atoms in total. The Labute approximate surface area is 176 Å². The van der Waals surface area contributed by atoms with Gasteiger partial charge in [0.05, 0.1) is 6.33 Å². The number of imidazole rings is 1. The third-order valence-corrected chi connectivity index (χ3v) is 6.08. The van der Waals surface area contributed by atoms with Crippen molar-refractivity contribution in [3.63, 3.8) is 0 Å². The lowest BCUT2D eigenvalue weighted by molar-refractivity contribution is -0.0451. The molecule has 4 unspecified atom stereocenters. The molecule has 3 aromatic rings. The monoisotopic (exact) mass is 429 g/mol. The van der Waals surface area contributed by atoms with Crippen LogP contribution in [0.15, 0.2) is 17.2 Å². The van der Waals surface area contributed by atoms with Gasteiger partial charge >= 0.3 is 0 Å². The molecule has 3 aromatic heterocycles. The zero-order valence-corrected chi connectivity index (χ0v) is 16.7. The van der Waals surface area contributed by atoms with E-state index in [1.807, 2.05) is 0 Å². The summed E-state index contributed by atoms with van der Waals surface area (Å²) in [5.74, 6) is 1.71. The molecule has 3 fully saturated rings. The van der Waals surface area contributed by atoms with Crippen molar-refractivity contribution in [2.24, 2.45) is 0 Å². The summed E-state index contributed by atoms with van der Waals surface area (Å²) in [5.41, 5.74) is 1.06. The van der Waals surface area contributed by atoms with Crippen molar-refractivity contribution in [3.05, 3.63) is 24.4 Å². The van der Waals surface area contributed by atoms with Crippen molar-refractivity contribution in [3.8, 4) is 0 Å². The topological polar surface area (TPSA) is 153 Å². The van der Waals surface area contributed by atoms with Crippen molar-refractivity contribution >= 4 is 17.0 Å². The van der Waals surface area contributed by atoms with E-state index in [2.05, 4.69) is 30.4 Å². The standard InChI is InChI=1S/C19H23N7O5/c27-12-13(28)19(30-14(12)18-24-15(25-31-18)9-1-2-9)26-8-22-11-16(20-7-21-17(11)26)23-10-3-5-29-6-4-10/h7-10,12-14,19,27-28H,1-6H2,(H,20,21,23). The van der Waals surface area contributed by atoms with Crippen LogP contribution in [0.25, 0.3) is 11.2 Å². The summed E-state index contributed by atoms with van der Waals surface area (Å²) in [5, 5.41) is 28.7. The van der Waals surface area contributed by atoms with Crippen LogP contribution in [0, 0.1) is 0 Å². The minimum absolute atomic E-state index is 0.164. The average Bonchev–Trinajstić information content (AvgIpc) is 3.24. The van der Waals surface area contributed by atoms with Gasteiger partial charge in [0, 0.05) is 25.2 Å². The summed E-state index contributed by atoms with van der Waals surface area (Å²) in [7, 11) is 0. The molecule has 0 radical (unpaired) electrons. The molecule has 3 aliphatic rings. The maximum Gasteiger partial charge on any atom is 0.258 e. The summed E-state index contributed by atoms with van der Waals surface area (Å²) in [4.78, 5) is 17.5. The summed E-state index contributed by atoms with van der Waals surface area (Å²) >= 11 is 0. The van der Waals surface area contributed by atoms with Crippen molar-refractivity contribution in [2.75, 3.05) is 18.5 Å². The lowest BCUT2D eigenvalue weighted by Crippen LogP contribution is -2.29. The first-order valence-electron chi connectivity index (χ1n) is 10.6. The maximum atomic E-state index is 10.7. The van der Waals surface area contributed by atoms with Crippen LogP contribution in [-0.4, -0.2) is 71.3 Å². The zero-order valence-electron chi connectivity index (χ0n) is 16.7. The van der Waals surface area contributed by atoms with Crippen LogP contribution in [0.5, 0.6) is 0 Å². The van der Waals surface area contributed by atoms with Gasteiger partial charge in [0.15, 0.2) is 35.1 Å². The molecule has 164 valence electrons. The Morgan fingerprint density at radius 3 is 2.68 bits per heavy atom. The number of aliphatic hydroxyl groups is 2. The van der Waals surface area contributed by atoms with E-state index in [1.54, 1.807) is 4.57 Å². The van der Waals surface area contributed by atoms with Gasteiger partial charge < -0.3 is 29.5 Å². The minimum Gasteiger partial charge on any atom is -0.387 e. The number of anilines is 1. The third-order valence-electron chi connectivity index (χ3n) is 6.08. The molecule has 4 atom stereocenters. The highest BCUT2D eigenvalue weighted by Gasteiger charge is 2.48. The Hall–Kier alpha value is -2.67. The number of aromatic nitrogens is 6.